The van der Waals surface area contributed by atoms with E-state index < -0.39 is 5.54 Å². The molecule has 1 aromatic heterocycles. The maximum absolute atomic E-state index is 13.2. The maximum atomic E-state index is 13.2. The largest absolute Gasteiger partial charge is 0.444 e. The van der Waals surface area contributed by atoms with Gasteiger partial charge in [0.15, 0.2) is 0 Å². The van der Waals surface area contributed by atoms with Crippen molar-refractivity contribution in [2.75, 3.05) is 26.3 Å². The van der Waals surface area contributed by atoms with Gasteiger partial charge in [0, 0.05) is 46.5 Å². The van der Waals surface area contributed by atoms with E-state index in [1.807, 2.05) is 25.2 Å². The van der Waals surface area contributed by atoms with Crippen LogP contribution in [0.5, 0.6) is 0 Å². The lowest BCUT2D eigenvalue weighted by Gasteiger charge is -2.33. The molecule has 1 aliphatic carbocycles. The van der Waals surface area contributed by atoms with Crippen molar-refractivity contribution in [3.05, 3.63) is 52.9 Å². The second kappa shape index (κ2) is 9.85. The number of aromatic nitrogens is 1. The van der Waals surface area contributed by atoms with Crippen molar-refractivity contribution in [1.82, 2.24) is 20.1 Å². The van der Waals surface area contributed by atoms with Crippen molar-refractivity contribution in [3.8, 4) is 0 Å². The zero-order valence-electron chi connectivity index (χ0n) is 20.5. The summed E-state index contributed by atoms with van der Waals surface area (Å²) >= 11 is 0. The first-order valence-electron chi connectivity index (χ1n) is 12.5. The molecule has 2 atom stereocenters. The van der Waals surface area contributed by atoms with Crippen LogP contribution in [0.15, 0.2) is 36.1 Å². The van der Waals surface area contributed by atoms with Gasteiger partial charge in [0.05, 0.1) is 18.8 Å². The minimum Gasteiger partial charge on any atom is -0.444 e. The number of amidine groups is 2. The van der Waals surface area contributed by atoms with Crippen LogP contribution in [0.3, 0.4) is 0 Å². The predicted octanol–water partition coefficient (Wildman–Crippen LogP) is 3.04. The summed E-state index contributed by atoms with van der Waals surface area (Å²) in [5.41, 5.74) is 2.30. The molecule has 0 saturated carbocycles. The average Bonchev–Trinajstić information content (AvgIpc) is 3.54. The van der Waals surface area contributed by atoms with Gasteiger partial charge in [0.25, 0.3) is 5.91 Å². The van der Waals surface area contributed by atoms with Crippen molar-refractivity contribution in [2.45, 2.75) is 57.2 Å². The van der Waals surface area contributed by atoms with Crippen molar-refractivity contribution in [3.63, 3.8) is 0 Å². The zero-order chi connectivity index (χ0) is 25.3. The highest BCUT2D eigenvalue weighted by molar-refractivity contribution is 6.08. The number of hydrogen-bond donors (Lipinski definition) is 3. The molecule has 36 heavy (non-hydrogen) atoms. The number of rotatable bonds is 4. The summed E-state index contributed by atoms with van der Waals surface area (Å²) in [6.07, 6.45) is 10.2. The highest BCUT2D eigenvalue weighted by Gasteiger charge is 2.32. The minimum absolute atomic E-state index is 0. The molecule has 4 heterocycles. The fourth-order valence-electron chi connectivity index (χ4n) is 5.10. The van der Waals surface area contributed by atoms with E-state index in [-0.39, 0.29) is 25.2 Å². The first kappa shape index (κ1) is 24.2. The van der Waals surface area contributed by atoms with E-state index in [4.69, 9.17) is 20.3 Å². The molecule has 2 saturated heterocycles. The normalized spacial score (nSPS) is 25.4. The number of amides is 2. The number of hydrogen-bond acceptors (Lipinski definition) is 7. The summed E-state index contributed by atoms with van der Waals surface area (Å²) in [6.45, 7) is 4.56. The van der Waals surface area contributed by atoms with Crippen LogP contribution in [-0.2, 0) is 22.4 Å². The van der Waals surface area contributed by atoms with Gasteiger partial charge in [-0.3, -0.25) is 20.6 Å². The van der Waals surface area contributed by atoms with Crippen LogP contribution >= 0.6 is 0 Å². The molecular formula is C26H34N6O4. The summed E-state index contributed by atoms with van der Waals surface area (Å²) in [6, 6.07) is 1.75. The Morgan fingerprint density at radius 1 is 1.31 bits per heavy atom. The standard InChI is InChI=1S/C26H32N6O4.H2/c1-26(8-2-4-17(13-26)23(28)32-9-3-5-22(32)27)30-24(33)21-12-19-15-31(10-6-18(19)14-29-21)25(34)36-20-7-11-35-16-20;/h2,4,8,12,14,20,27-28H,3,5-7,9-11,13,15-16H2,1H3,(H,30,33);1H. The molecule has 2 amide bonds. The lowest BCUT2D eigenvalue weighted by molar-refractivity contribution is 0.0516. The van der Waals surface area contributed by atoms with E-state index >= 15 is 0 Å². The van der Waals surface area contributed by atoms with Gasteiger partial charge in [-0.05, 0) is 42.5 Å². The van der Waals surface area contributed by atoms with Gasteiger partial charge in [-0.1, -0.05) is 18.2 Å². The van der Waals surface area contributed by atoms with Crippen molar-refractivity contribution in [1.29, 1.82) is 10.8 Å². The lowest BCUT2D eigenvalue weighted by atomic mass is 9.87. The van der Waals surface area contributed by atoms with Gasteiger partial charge >= 0.3 is 6.09 Å². The first-order valence-corrected chi connectivity index (χ1v) is 12.5. The van der Waals surface area contributed by atoms with Crippen LogP contribution in [0, 0.1) is 10.8 Å². The van der Waals surface area contributed by atoms with Gasteiger partial charge in [-0.15, -0.1) is 0 Å². The van der Waals surface area contributed by atoms with Gasteiger partial charge in [-0.2, -0.15) is 0 Å². The molecule has 0 spiro atoms. The van der Waals surface area contributed by atoms with E-state index in [0.29, 0.717) is 70.2 Å². The molecule has 1 aromatic rings. The smallest absolute Gasteiger partial charge is 0.410 e. The number of ether oxygens (including phenoxy) is 2. The Kier molecular flexibility index (Phi) is 6.61. The van der Waals surface area contributed by atoms with Crippen molar-refractivity contribution < 1.29 is 20.5 Å². The Hall–Kier alpha value is -3.53. The van der Waals surface area contributed by atoms with Crippen LogP contribution < -0.4 is 5.32 Å². The topological polar surface area (TPSA) is 132 Å². The molecule has 0 aromatic carbocycles. The molecule has 192 valence electrons. The Labute approximate surface area is 211 Å². The molecule has 3 N–H and O–H groups in total. The van der Waals surface area contributed by atoms with E-state index in [2.05, 4.69) is 10.3 Å². The highest BCUT2D eigenvalue weighted by Crippen LogP contribution is 2.27. The predicted molar refractivity (Wildman–Crippen MR) is 135 cm³/mol. The number of carbonyl (C=O) groups is 2. The third-order valence-electron chi connectivity index (χ3n) is 7.15. The van der Waals surface area contributed by atoms with Crippen molar-refractivity contribution >= 4 is 23.7 Å². The number of nitrogens with one attached hydrogen (secondary N) is 3. The van der Waals surface area contributed by atoms with Gasteiger partial charge < -0.3 is 24.6 Å². The summed E-state index contributed by atoms with van der Waals surface area (Å²) < 4.78 is 10.8. The fourth-order valence-corrected chi connectivity index (χ4v) is 5.10. The molecule has 4 aliphatic rings. The third kappa shape index (κ3) is 5.04. The average molecular weight is 495 g/mol. The van der Waals surface area contributed by atoms with E-state index in [1.165, 1.54) is 0 Å². The van der Waals surface area contributed by atoms with Gasteiger partial charge in [-0.25, -0.2) is 4.79 Å². The second-order valence-corrected chi connectivity index (χ2v) is 10.0. The monoisotopic (exact) mass is 494 g/mol. The summed E-state index contributed by atoms with van der Waals surface area (Å²) in [5.74, 6) is 0.480. The number of likely N-dealkylation sites (tertiary alicyclic amines) is 1. The van der Waals surface area contributed by atoms with Gasteiger partial charge in [0.2, 0.25) is 0 Å². The maximum Gasteiger partial charge on any atom is 0.410 e. The second-order valence-electron chi connectivity index (χ2n) is 10.0. The number of pyridine rings is 1. The summed E-state index contributed by atoms with van der Waals surface area (Å²) in [4.78, 5) is 33.6. The highest BCUT2D eigenvalue weighted by atomic mass is 16.6. The van der Waals surface area contributed by atoms with Crippen molar-refractivity contribution in [2.24, 2.45) is 0 Å². The van der Waals surface area contributed by atoms with E-state index in [9.17, 15) is 9.59 Å². The zero-order valence-corrected chi connectivity index (χ0v) is 20.5. The number of fused-ring (bicyclic) bond motifs is 1. The van der Waals surface area contributed by atoms with Gasteiger partial charge in [0.1, 0.15) is 23.5 Å². The Morgan fingerprint density at radius 2 is 2.17 bits per heavy atom. The van der Waals surface area contributed by atoms with E-state index in [0.717, 1.165) is 23.1 Å². The summed E-state index contributed by atoms with van der Waals surface area (Å²) in [7, 11) is 0. The molecular weight excluding hydrogens is 460 g/mol. The Bertz CT molecular complexity index is 1160. The molecule has 10 heteroatoms. The molecule has 0 radical (unpaired) electrons. The SMILES string of the molecule is CC1(NC(=O)c2cc3c(cn2)CCN(C(=O)OC2CCOC2)C3)C=CC=C(C(=N)N2CCCC2=N)C1.[HH]. The lowest BCUT2D eigenvalue weighted by Crippen LogP contribution is -2.47. The van der Waals surface area contributed by atoms with Crippen LogP contribution in [-0.4, -0.2) is 76.4 Å². The van der Waals surface area contributed by atoms with Crippen LogP contribution in [0.2, 0.25) is 0 Å². The third-order valence-corrected chi connectivity index (χ3v) is 7.15. The molecule has 2 unspecified atom stereocenters. The number of nitrogens with zero attached hydrogens (tertiary/aromatic N) is 3. The van der Waals surface area contributed by atoms with Crippen LogP contribution in [0.4, 0.5) is 4.79 Å². The summed E-state index contributed by atoms with van der Waals surface area (Å²) in [5, 5.41) is 19.7. The molecule has 5 rings (SSSR count). The first-order chi connectivity index (χ1) is 17.3. The quantitative estimate of drug-likeness (QED) is 0.435. The number of allylic oxidation sites excluding steroid dienone is 2. The van der Waals surface area contributed by atoms with Crippen LogP contribution in [0.25, 0.3) is 0 Å². The molecule has 10 nitrogen and oxygen atoms in total. The fraction of sp³-hybridized carbons (Fsp3) is 0.500. The Morgan fingerprint density at radius 3 is 2.92 bits per heavy atom. The van der Waals surface area contributed by atoms with E-state index in [1.54, 1.807) is 22.1 Å². The number of carbonyl (C=O) groups excluding carboxylic acids is 2. The molecule has 3 aliphatic heterocycles. The Balaban J connectivity index is 0.00000320. The minimum atomic E-state index is -0.688. The van der Waals surface area contributed by atoms with Crippen LogP contribution in [0.1, 0.15) is 55.6 Å². The molecule has 0 bridgehead atoms. The molecule has 2 fully saturated rings.